The molecule has 0 aliphatic carbocycles. The van der Waals surface area contributed by atoms with Gasteiger partial charge in [-0.3, -0.25) is 9.10 Å². The van der Waals surface area contributed by atoms with Crippen LogP contribution in [-0.4, -0.2) is 54.3 Å². The molecule has 0 atom stereocenters. The van der Waals surface area contributed by atoms with Gasteiger partial charge >= 0.3 is 0 Å². The van der Waals surface area contributed by atoms with E-state index in [1.165, 1.54) is 42.7 Å². The molecular formula is C30H31N3O6S2. The van der Waals surface area contributed by atoms with Crippen molar-refractivity contribution in [1.29, 1.82) is 0 Å². The van der Waals surface area contributed by atoms with E-state index >= 15 is 0 Å². The van der Waals surface area contributed by atoms with Gasteiger partial charge in [0.25, 0.3) is 15.9 Å². The molecule has 0 saturated heterocycles. The van der Waals surface area contributed by atoms with Gasteiger partial charge in [-0.25, -0.2) is 21.1 Å². The number of carbonyl (C=O) groups is 1. The van der Waals surface area contributed by atoms with E-state index in [0.29, 0.717) is 5.75 Å². The summed E-state index contributed by atoms with van der Waals surface area (Å²) in [4.78, 5) is 13.5. The van der Waals surface area contributed by atoms with Crippen molar-refractivity contribution >= 4 is 31.6 Å². The molecule has 0 radical (unpaired) electrons. The van der Waals surface area contributed by atoms with E-state index in [4.69, 9.17) is 4.74 Å². The van der Waals surface area contributed by atoms with E-state index < -0.39 is 26.0 Å². The minimum absolute atomic E-state index is 0.0327. The Balaban J connectivity index is 1.50. The molecule has 41 heavy (non-hydrogen) atoms. The predicted octanol–water partition coefficient (Wildman–Crippen LogP) is 4.14. The van der Waals surface area contributed by atoms with Crippen LogP contribution in [0.1, 0.15) is 15.9 Å². The fraction of sp³-hybridized carbons (Fsp3) is 0.167. The number of ether oxygens (including phenoxy) is 1. The summed E-state index contributed by atoms with van der Waals surface area (Å²) in [6, 6.07) is 29.8. The Morgan fingerprint density at radius 1 is 0.707 bits per heavy atom. The molecule has 0 aromatic heterocycles. The lowest BCUT2D eigenvalue weighted by atomic mass is 10.1. The minimum atomic E-state index is -4.01. The first-order valence-electron chi connectivity index (χ1n) is 12.7. The van der Waals surface area contributed by atoms with Crippen LogP contribution in [0, 0.1) is 0 Å². The van der Waals surface area contributed by atoms with Crippen molar-refractivity contribution in [2.75, 3.05) is 31.6 Å². The van der Waals surface area contributed by atoms with Crippen LogP contribution in [0.4, 0.5) is 5.69 Å². The number of carbonyl (C=O) groups excluding carboxylic acids is 1. The molecule has 0 spiro atoms. The quantitative estimate of drug-likeness (QED) is 0.247. The zero-order valence-electron chi connectivity index (χ0n) is 22.7. The summed E-state index contributed by atoms with van der Waals surface area (Å²) in [6.45, 7) is 0.282. The average molecular weight is 594 g/mol. The largest absolute Gasteiger partial charge is 0.492 e. The molecule has 0 saturated carbocycles. The van der Waals surface area contributed by atoms with E-state index in [9.17, 15) is 21.6 Å². The lowest BCUT2D eigenvalue weighted by Gasteiger charge is -2.26. The van der Waals surface area contributed by atoms with E-state index in [1.54, 1.807) is 54.6 Å². The van der Waals surface area contributed by atoms with Gasteiger partial charge in [0, 0.05) is 14.1 Å². The van der Waals surface area contributed by atoms with Gasteiger partial charge in [-0.1, -0.05) is 60.7 Å². The lowest BCUT2D eigenvalue weighted by Crippen LogP contribution is -2.34. The Kier molecular flexibility index (Phi) is 9.43. The standard InChI is InChI=1S/C30H31N3O6S2/c1-32(2)40(35,36)27-19-17-25(18-20-27)39-22-21-31-30(34)28-15-9-10-16-29(28)33(23-24-11-5-3-6-12-24)41(37,38)26-13-7-4-8-14-26/h3-20H,21-23H2,1-2H3,(H,31,34). The topological polar surface area (TPSA) is 113 Å². The highest BCUT2D eigenvalue weighted by atomic mass is 32.2. The summed E-state index contributed by atoms with van der Waals surface area (Å²) >= 11 is 0. The molecule has 0 unspecified atom stereocenters. The van der Waals surface area contributed by atoms with Gasteiger partial charge in [-0.15, -0.1) is 0 Å². The monoisotopic (exact) mass is 593 g/mol. The van der Waals surface area contributed by atoms with Crippen molar-refractivity contribution in [3.05, 3.63) is 120 Å². The Morgan fingerprint density at radius 3 is 1.90 bits per heavy atom. The summed E-state index contributed by atoms with van der Waals surface area (Å²) in [6.07, 6.45) is 0. The zero-order valence-corrected chi connectivity index (χ0v) is 24.3. The lowest BCUT2D eigenvalue weighted by molar-refractivity contribution is 0.0947. The van der Waals surface area contributed by atoms with Gasteiger partial charge in [0.15, 0.2) is 0 Å². The number of para-hydroxylation sites is 1. The second kappa shape index (κ2) is 13.0. The number of nitrogens with zero attached hydrogens (tertiary/aromatic N) is 2. The molecule has 0 aliphatic rings. The summed E-state index contributed by atoms with van der Waals surface area (Å²) in [5.41, 5.74) is 1.21. The molecule has 11 heteroatoms. The minimum Gasteiger partial charge on any atom is -0.492 e. The Hall–Kier alpha value is -4.19. The second-order valence-electron chi connectivity index (χ2n) is 9.19. The van der Waals surface area contributed by atoms with Gasteiger partial charge < -0.3 is 10.1 Å². The number of anilines is 1. The molecular weight excluding hydrogens is 562 g/mol. The van der Waals surface area contributed by atoms with Gasteiger partial charge in [-0.2, -0.15) is 0 Å². The highest BCUT2D eigenvalue weighted by Gasteiger charge is 2.28. The van der Waals surface area contributed by atoms with Gasteiger partial charge in [0.05, 0.1) is 34.1 Å². The van der Waals surface area contributed by atoms with Crippen LogP contribution in [0.2, 0.25) is 0 Å². The molecule has 1 N–H and O–H groups in total. The smallest absolute Gasteiger partial charge is 0.264 e. The van der Waals surface area contributed by atoms with Crippen LogP contribution in [-0.2, 0) is 26.6 Å². The van der Waals surface area contributed by atoms with E-state index in [0.717, 1.165) is 9.87 Å². The van der Waals surface area contributed by atoms with E-state index in [1.807, 2.05) is 30.3 Å². The average Bonchev–Trinajstić information content (AvgIpc) is 2.99. The fourth-order valence-corrected chi connectivity index (χ4v) is 6.39. The number of hydrogen-bond acceptors (Lipinski definition) is 6. The highest BCUT2D eigenvalue weighted by molar-refractivity contribution is 7.92. The van der Waals surface area contributed by atoms with Gasteiger partial charge in [-0.05, 0) is 54.1 Å². The first-order chi connectivity index (χ1) is 19.6. The van der Waals surface area contributed by atoms with Crippen LogP contribution >= 0.6 is 0 Å². The molecule has 0 aliphatic heterocycles. The molecule has 0 bridgehead atoms. The molecule has 9 nitrogen and oxygen atoms in total. The molecule has 4 aromatic rings. The molecule has 0 fully saturated rings. The van der Waals surface area contributed by atoms with Crippen molar-refractivity contribution < 1.29 is 26.4 Å². The van der Waals surface area contributed by atoms with Crippen molar-refractivity contribution in [3.63, 3.8) is 0 Å². The number of sulfonamides is 2. The van der Waals surface area contributed by atoms with Crippen LogP contribution in [0.5, 0.6) is 5.75 Å². The third-order valence-electron chi connectivity index (χ3n) is 6.18. The van der Waals surface area contributed by atoms with Crippen LogP contribution in [0.3, 0.4) is 0 Å². The SMILES string of the molecule is CN(C)S(=O)(=O)c1ccc(OCCNC(=O)c2ccccc2N(Cc2ccccc2)S(=O)(=O)c2ccccc2)cc1. The molecule has 1 amide bonds. The molecule has 0 heterocycles. The van der Waals surface area contributed by atoms with Crippen LogP contribution in [0.25, 0.3) is 0 Å². The Morgan fingerprint density at radius 2 is 1.27 bits per heavy atom. The third-order valence-corrected chi connectivity index (χ3v) is 9.78. The van der Waals surface area contributed by atoms with Gasteiger partial charge in [0.2, 0.25) is 10.0 Å². The molecule has 4 rings (SSSR count). The maximum absolute atomic E-state index is 13.8. The molecule has 4 aromatic carbocycles. The summed E-state index contributed by atoms with van der Waals surface area (Å²) in [5.74, 6) is -0.0155. The maximum atomic E-state index is 13.8. The van der Waals surface area contributed by atoms with Crippen molar-refractivity contribution in [2.45, 2.75) is 16.3 Å². The zero-order chi connectivity index (χ0) is 29.5. The fourth-order valence-electron chi connectivity index (χ4n) is 4.00. The van der Waals surface area contributed by atoms with Crippen molar-refractivity contribution in [1.82, 2.24) is 9.62 Å². The number of rotatable bonds is 12. The second-order valence-corrected chi connectivity index (χ2v) is 13.2. The number of benzene rings is 4. The Bertz CT molecular complexity index is 1680. The maximum Gasteiger partial charge on any atom is 0.264 e. The van der Waals surface area contributed by atoms with Gasteiger partial charge in [0.1, 0.15) is 12.4 Å². The van der Waals surface area contributed by atoms with Crippen LogP contribution < -0.4 is 14.4 Å². The predicted molar refractivity (Wildman–Crippen MR) is 158 cm³/mol. The number of nitrogens with one attached hydrogen (secondary N) is 1. The van der Waals surface area contributed by atoms with E-state index in [-0.39, 0.29) is 40.7 Å². The summed E-state index contributed by atoms with van der Waals surface area (Å²) < 4.78 is 60.1. The normalized spacial score (nSPS) is 11.7. The van der Waals surface area contributed by atoms with Crippen LogP contribution in [0.15, 0.2) is 119 Å². The van der Waals surface area contributed by atoms with Crippen molar-refractivity contribution in [3.8, 4) is 5.75 Å². The summed E-state index contributed by atoms with van der Waals surface area (Å²) in [5, 5.41) is 2.78. The van der Waals surface area contributed by atoms with Crippen molar-refractivity contribution in [2.24, 2.45) is 0 Å². The number of hydrogen-bond donors (Lipinski definition) is 1. The first-order valence-corrected chi connectivity index (χ1v) is 15.6. The van der Waals surface area contributed by atoms with E-state index in [2.05, 4.69) is 5.32 Å². The Labute approximate surface area is 241 Å². The third kappa shape index (κ3) is 7.12. The summed E-state index contributed by atoms with van der Waals surface area (Å²) in [7, 11) is -4.64. The highest BCUT2D eigenvalue weighted by Crippen LogP contribution is 2.29. The first kappa shape index (κ1) is 29.8. The molecule has 214 valence electrons. The number of amides is 1.